The van der Waals surface area contributed by atoms with Crippen molar-refractivity contribution in [1.82, 2.24) is 4.98 Å². The number of hydrogen-bond acceptors (Lipinski definition) is 3. The summed E-state index contributed by atoms with van der Waals surface area (Å²) >= 11 is 1.49. The average molecular weight is 268 g/mol. The minimum atomic E-state index is -0.390. The fraction of sp³-hybridized carbons (Fsp3) is 0.714. The van der Waals surface area contributed by atoms with Gasteiger partial charge in [0.25, 0.3) is 5.91 Å². The fourth-order valence-electron chi connectivity index (χ4n) is 1.96. The van der Waals surface area contributed by atoms with Crippen LogP contribution in [0.25, 0.3) is 0 Å². The Morgan fingerprint density at radius 1 is 1.11 bits per heavy atom. The first kappa shape index (κ1) is 15.2. The van der Waals surface area contributed by atoms with Gasteiger partial charge in [0.2, 0.25) is 0 Å². The first-order valence-corrected chi connectivity index (χ1v) is 7.79. The maximum absolute atomic E-state index is 11.2. The first-order valence-electron chi connectivity index (χ1n) is 6.97. The minimum Gasteiger partial charge on any atom is -0.364 e. The second kappa shape index (κ2) is 8.25. The maximum atomic E-state index is 11.2. The Morgan fingerprint density at radius 2 is 1.72 bits per heavy atom. The van der Waals surface area contributed by atoms with Crippen LogP contribution in [0, 0.1) is 0 Å². The second-order valence-corrected chi connectivity index (χ2v) is 5.75. The van der Waals surface area contributed by atoms with E-state index in [1.165, 1.54) is 48.3 Å². The lowest BCUT2D eigenvalue weighted by atomic mass is 10.1. The highest BCUT2D eigenvalue weighted by atomic mass is 32.1. The molecule has 0 unspecified atom stereocenters. The van der Waals surface area contributed by atoms with E-state index in [0.717, 1.165) is 25.0 Å². The summed E-state index contributed by atoms with van der Waals surface area (Å²) < 4.78 is 0. The van der Waals surface area contributed by atoms with Crippen molar-refractivity contribution in [2.75, 3.05) is 0 Å². The number of carbonyl (C=O) groups is 1. The molecule has 1 amide bonds. The van der Waals surface area contributed by atoms with E-state index in [0.29, 0.717) is 5.01 Å². The maximum Gasteiger partial charge on any atom is 0.277 e. The van der Waals surface area contributed by atoms with Crippen LogP contribution in [0.2, 0.25) is 0 Å². The van der Waals surface area contributed by atoms with Crippen LogP contribution in [0.4, 0.5) is 0 Å². The molecule has 102 valence electrons. The normalized spacial score (nSPS) is 10.8. The van der Waals surface area contributed by atoms with Crippen LogP contribution in [0.5, 0.6) is 0 Å². The quantitative estimate of drug-likeness (QED) is 0.694. The van der Waals surface area contributed by atoms with Gasteiger partial charge >= 0.3 is 0 Å². The largest absolute Gasteiger partial charge is 0.364 e. The number of aryl methyl sites for hydroxylation is 2. The van der Waals surface area contributed by atoms with Gasteiger partial charge in [-0.15, -0.1) is 11.3 Å². The molecule has 0 atom stereocenters. The van der Waals surface area contributed by atoms with Crippen LogP contribution in [0.3, 0.4) is 0 Å². The van der Waals surface area contributed by atoms with Crippen molar-refractivity contribution >= 4 is 17.2 Å². The van der Waals surface area contributed by atoms with E-state index in [4.69, 9.17) is 5.73 Å². The van der Waals surface area contributed by atoms with Gasteiger partial charge in [-0.25, -0.2) is 4.98 Å². The van der Waals surface area contributed by atoms with E-state index in [-0.39, 0.29) is 0 Å². The molecule has 3 nitrogen and oxygen atoms in total. The number of carbonyl (C=O) groups excluding carboxylic acids is 1. The molecule has 0 fully saturated rings. The van der Waals surface area contributed by atoms with Gasteiger partial charge in [0.1, 0.15) is 0 Å². The van der Waals surface area contributed by atoms with Crippen molar-refractivity contribution in [2.24, 2.45) is 5.73 Å². The Balaban J connectivity index is 2.67. The summed E-state index contributed by atoms with van der Waals surface area (Å²) in [6, 6.07) is 0. The lowest BCUT2D eigenvalue weighted by molar-refractivity contribution is 0.0999. The zero-order valence-electron chi connectivity index (χ0n) is 11.5. The number of amides is 1. The lowest BCUT2D eigenvalue weighted by Gasteiger charge is -2.01. The number of rotatable bonds is 9. The minimum absolute atomic E-state index is 0.390. The molecule has 0 aliphatic heterocycles. The molecule has 0 spiro atoms. The summed E-state index contributed by atoms with van der Waals surface area (Å²) in [7, 11) is 0. The van der Waals surface area contributed by atoms with Gasteiger partial charge in [0, 0.05) is 4.88 Å². The number of hydrogen-bond donors (Lipinski definition) is 1. The molecular formula is C14H24N2OS. The molecule has 0 saturated carbocycles. The Hall–Kier alpha value is -0.900. The molecular weight excluding hydrogens is 244 g/mol. The summed E-state index contributed by atoms with van der Waals surface area (Å²) in [6.45, 7) is 4.39. The van der Waals surface area contributed by atoms with Gasteiger partial charge in [0.15, 0.2) is 5.01 Å². The third-order valence-electron chi connectivity index (χ3n) is 3.01. The van der Waals surface area contributed by atoms with E-state index in [2.05, 4.69) is 18.8 Å². The molecule has 0 aliphatic carbocycles. The Morgan fingerprint density at radius 3 is 2.28 bits per heavy atom. The molecule has 4 heteroatoms. The predicted molar refractivity (Wildman–Crippen MR) is 77.1 cm³/mol. The lowest BCUT2D eigenvalue weighted by Crippen LogP contribution is -2.10. The molecule has 1 heterocycles. The van der Waals surface area contributed by atoms with E-state index in [9.17, 15) is 4.79 Å². The van der Waals surface area contributed by atoms with Crippen molar-refractivity contribution in [3.05, 3.63) is 15.6 Å². The number of thiazole rings is 1. The number of nitrogens with two attached hydrogens (primary N) is 1. The summed E-state index contributed by atoms with van der Waals surface area (Å²) in [5.74, 6) is -0.390. The van der Waals surface area contributed by atoms with Crippen molar-refractivity contribution in [2.45, 2.75) is 65.2 Å². The van der Waals surface area contributed by atoms with Crippen LogP contribution in [0.1, 0.15) is 72.7 Å². The van der Waals surface area contributed by atoms with E-state index in [1.807, 2.05) is 0 Å². The van der Waals surface area contributed by atoms with Crippen molar-refractivity contribution in [3.63, 3.8) is 0 Å². The fourth-order valence-corrected chi connectivity index (χ4v) is 2.96. The summed E-state index contributed by atoms with van der Waals surface area (Å²) in [5.41, 5.74) is 6.42. The SMILES string of the molecule is CCCCCc1nc(C(N)=O)sc1CCCCC. The van der Waals surface area contributed by atoms with E-state index in [1.54, 1.807) is 0 Å². The smallest absolute Gasteiger partial charge is 0.277 e. The van der Waals surface area contributed by atoms with Gasteiger partial charge in [-0.1, -0.05) is 39.5 Å². The highest BCUT2D eigenvalue weighted by Crippen LogP contribution is 2.22. The van der Waals surface area contributed by atoms with E-state index < -0.39 is 5.91 Å². The van der Waals surface area contributed by atoms with Crippen LogP contribution in [-0.4, -0.2) is 10.9 Å². The third-order valence-corrected chi connectivity index (χ3v) is 4.19. The molecule has 0 aromatic carbocycles. The molecule has 0 aliphatic rings. The van der Waals surface area contributed by atoms with Crippen molar-refractivity contribution < 1.29 is 4.79 Å². The predicted octanol–water partition coefficient (Wildman–Crippen LogP) is 3.71. The number of nitrogens with zero attached hydrogens (tertiary/aromatic N) is 1. The molecule has 1 aromatic heterocycles. The summed E-state index contributed by atoms with van der Waals surface area (Å²) in [4.78, 5) is 16.9. The second-order valence-electron chi connectivity index (χ2n) is 4.67. The highest BCUT2D eigenvalue weighted by molar-refractivity contribution is 7.13. The number of aromatic nitrogens is 1. The van der Waals surface area contributed by atoms with Gasteiger partial charge in [-0.2, -0.15) is 0 Å². The van der Waals surface area contributed by atoms with Gasteiger partial charge in [0.05, 0.1) is 5.69 Å². The summed E-state index contributed by atoms with van der Waals surface area (Å²) in [6.07, 6.45) is 9.23. The number of primary amides is 1. The Bertz CT molecular complexity index is 346. The zero-order valence-corrected chi connectivity index (χ0v) is 12.3. The molecule has 0 bridgehead atoms. The highest BCUT2D eigenvalue weighted by Gasteiger charge is 2.13. The van der Waals surface area contributed by atoms with Gasteiger partial charge < -0.3 is 5.73 Å². The van der Waals surface area contributed by atoms with Crippen LogP contribution in [-0.2, 0) is 12.8 Å². The molecule has 1 aromatic rings. The number of unbranched alkanes of at least 4 members (excludes halogenated alkanes) is 4. The Kier molecular flexibility index (Phi) is 6.94. The van der Waals surface area contributed by atoms with Crippen LogP contribution < -0.4 is 5.73 Å². The topological polar surface area (TPSA) is 56.0 Å². The average Bonchev–Trinajstić information content (AvgIpc) is 2.74. The van der Waals surface area contributed by atoms with Crippen molar-refractivity contribution in [1.29, 1.82) is 0 Å². The monoisotopic (exact) mass is 268 g/mol. The molecule has 0 saturated heterocycles. The Labute approximate surface area is 114 Å². The molecule has 18 heavy (non-hydrogen) atoms. The van der Waals surface area contributed by atoms with E-state index >= 15 is 0 Å². The van der Waals surface area contributed by atoms with Crippen LogP contribution in [0.15, 0.2) is 0 Å². The molecule has 0 radical (unpaired) electrons. The van der Waals surface area contributed by atoms with Crippen LogP contribution >= 0.6 is 11.3 Å². The standard InChI is InChI=1S/C14H24N2OS/c1-3-5-7-9-11-12(10-8-6-4-2)18-14(16-11)13(15)17/h3-10H2,1-2H3,(H2,15,17). The first-order chi connectivity index (χ1) is 8.69. The van der Waals surface area contributed by atoms with Gasteiger partial charge in [-0.3, -0.25) is 4.79 Å². The van der Waals surface area contributed by atoms with Crippen molar-refractivity contribution in [3.8, 4) is 0 Å². The molecule has 2 N–H and O–H groups in total. The zero-order chi connectivity index (χ0) is 13.4. The third kappa shape index (κ3) is 4.77. The van der Waals surface area contributed by atoms with Gasteiger partial charge in [-0.05, 0) is 25.7 Å². The summed E-state index contributed by atoms with van der Waals surface area (Å²) in [5, 5.41) is 0.480. The molecule has 1 rings (SSSR count).